The van der Waals surface area contributed by atoms with Crippen LogP contribution in [-0.4, -0.2) is 34.6 Å². The second-order valence-electron chi connectivity index (χ2n) is 10.9. The molecule has 31 heavy (non-hydrogen) atoms. The number of esters is 1. The first-order valence-corrected chi connectivity index (χ1v) is 11.0. The fraction of sp³-hybridized carbons (Fsp3) is 0.955. The summed E-state index contributed by atoms with van der Waals surface area (Å²) < 4.78 is 85.1. The van der Waals surface area contributed by atoms with Gasteiger partial charge in [-0.2, -0.15) is 26.3 Å². The Hall–Kier alpha value is -0.990. The quantitative estimate of drug-likeness (QED) is 0.390. The van der Waals surface area contributed by atoms with Crippen LogP contribution in [0, 0.1) is 35.0 Å². The van der Waals surface area contributed by atoms with E-state index in [2.05, 4.69) is 0 Å². The molecule has 4 fully saturated rings. The minimum atomic E-state index is -5.97. The molecule has 0 aromatic rings. The highest BCUT2D eigenvalue weighted by atomic mass is 19.4. The Kier molecular flexibility index (Phi) is 5.98. The number of carbonyl (C=O) groups excluding carboxylic acids is 1. The molecule has 180 valence electrons. The normalized spacial score (nSPS) is 33.3. The molecule has 4 rings (SSSR count). The summed E-state index contributed by atoms with van der Waals surface area (Å²) in [6.07, 6.45) is -8.76. The van der Waals surface area contributed by atoms with Crippen molar-refractivity contribution in [3.63, 3.8) is 0 Å². The van der Waals surface area contributed by atoms with Crippen molar-refractivity contribution >= 4 is 5.97 Å². The summed E-state index contributed by atoms with van der Waals surface area (Å²) in [6, 6.07) is 0. The lowest BCUT2D eigenvalue weighted by atomic mass is 9.49. The Balaban J connectivity index is 1.81. The highest BCUT2D eigenvalue weighted by Crippen LogP contribution is 2.60. The number of rotatable bonds is 6. The zero-order valence-electron chi connectivity index (χ0n) is 18.4. The summed E-state index contributed by atoms with van der Waals surface area (Å²) in [5.41, 5.74) is -8.15. The summed E-state index contributed by atoms with van der Waals surface area (Å²) in [5.74, 6) is 0.957. The minimum absolute atomic E-state index is 0.0365. The highest BCUT2D eigenvalue weighted by Gasteiger charge is 2.72. The third kappa shape index (κ3) is 4.20. The monoisotopic (exact) mass is 458 g/mol. The van der Waals surface area contributed by atoms with Crippen molar-refractivity contribution in [2.45, 2.75) is 96.2 Å². The molecular weight excluding hydrogens is 426 g/mol. The summed E-state index contributed by atoms with van der Waals surface area (Å²) in [6.45, 7) is 5.76. The smallest absolute Gasteiger partial charge is 0.426 e. The minimum Gasteiger partial charge on any atom is -0.459 e. The van der Waals surface area contributed by atoms with E-state index in [9.17, 15) is 36.2 Å². The number of carbonyl (C=O) groups is 1. The van der Waals surface area contributed by atoms with Gasteiger partial charge < -0.3 is 9.84 Å². The molecule has 3 nitrogen and oxygen atoms in total. The fourth-order valence-electron chi connectivity index (χ4n) is 6.76. The van der Waals surface area contributed by atoms with Crippen LogP contribution in [0.2, 0.25) is 0 Å². The molecule has 4 saturated carbocycles. The summed E-state index contributed by atoms with van der Waals surface area (Å²) in [7, 11) is 0. The van der Waals surface area contributed by atoms with Gasteiger partial charge in [-0.05, 0) is 83.0 Å². The predicted octanol–water partition coefficient (Wildman–Crippen LogP) is 6.04. The average Bonchev–Trinajstić information content (AvgIpc) is 2.57. The lowest BCUT2D eigenvalue weighted by Gasteiger charge is -2.58. The van der Waals surface area contributed by atoms with Crippen molar-refractivity contribution in [3.05, 3.63) is 0 Å². The van der Waals surface area contributed by atoms with Gasteiger partial charge in [0, 0.05) is 12.3 Å². The molecule has 0 heterocycles. The van der Waals surface area contributed by atoms with Gasteiger partial charge in [0.1, 0.15) is 5.60 Å². The number of alkyl halides is 6. The lowest BCUT2D eigenvalue weighted by molar-refractivity contribution is -0.375. The van der Waals surface area contributed by atoms with Gasteiger partial charge in [0.2, 0.25) is 0 Å². The highest BCUT2D eigenvalue weighted by molar-refractivity contribution is 5.77. The van der Waals surface area contributed by atoms with Crippen LogP contribution in [0.5, 0.6) is 0 Å². The zero-order valence-corrected chi connectivity index (χ0v) is 18.4. The SMILES string of the molecule is CCC(C)(CC(O)(C(F)(F)F)C(F)(F)F)C(=O)OC(C)(C)C1C2CC3CC(C2)CC1C3. The van der Waals surface area contributed by atoms with E-state index >= 15 is 0 Å². The van der Waals surface area contributed by atoms with E-state index < -0.39 is 41.4 Å². The third-order valence-electron chi connectivity index (χ3n) is 8.24. The fourth-order valence-corrected chi connectivity index (χ4v) is 6.76. The Bertz CT molecular complexity index is 656. The maximum atomic E-state index is 13.2. The van der Waals surface area contributed by atoms with Gasteiger partial charge in [-0.3, -0.25) is 4.79 Å². The molecule has 0 aromatic carbocycles. The second kappa shape index (κ2) is 7.52. The molecule has 4 bridgehead atoms. The van der Waals surface area contributed by atoms with Gasteiger partial charge in [-0.15, -0.1) is 0 Å². The second-order valence-corrected chi connectivity index (χ2v) is 10.9. The van der Waals surface area contributed by atoms with Gasteiger partial charge in [-0.1, -0.05) is 6.92 Å². The molecule has 0 saturated heterocycles. The standard InChI is InChI=1S/C22H32F6O3/c1-5-19(4,11-20(30,21(23,24)25)22(26,27)28)17(29)31-18(2,3)16-14-7-12-6-13(9-14)10-15(16)8-12/h12-16,30H,5-11H2,1-4H3. The molecule has 9 heteroatoms. The third-order valence-corrected chi connectivity index (χ3v) is 8.24. The van der Waals surface area contributed by atoms with Crippen LogP contribution in [-0.2, 0) is 9.53 Å². The van der Waals surface area contributed by atoms with Gasteiger partial charge in [0.15, 0.2) is 0 Å². The predicted molar refractivity (Wildman–Crippen MR) is 101 cm³/mol. The zero-order chi connectivity index (χ0) is 23.6. The molecule has 0 aromatic heterocycles. The van der Waals surface area contributed by atoms with Crippen molar-refractivity contribution in [1.29, 1.82) is 0 Å². The van der Waals surface area contributed by atoms with Crippen LogP contribution >= 0.6 is 0 Å². The molecule has 0 radical (unpaired) electrons. The van der Waals surface area contributed by atoms with Crippen LogP contribution in [0.25, 0.3) is 0 Å². The van der Waals surface area contributed by atoms with E-state index in [0.717, 1.165) is 32.6 Å². The number of hydrogen-bond acceptors (Lipinski definition) is 3. The molecule has 4 aliphatic rings. The summed E-state index contributed by atoms with van der Waals surface area (Å²) >= 11 is 0. The Morgan fingerprint density at radius 1 is 0.871 bits per heavy atom. The molecule has 1 atom stereocenters. The number of aliphatic hydroxyl groups is 1. The van der Waals surface area contributed by atoms with Crippen molar-refractivity contribution in [3.8, 4) is 0 Å². The van der Waals surface area contributed by atoms with Gasteiger partial charge in [0.05, 0.1) is 5.41 Å². The first-order chi connectivity index (χ1) is 13.9. The van der Waals surface area contributed by atoms with Crippen LogP contribution < -0.4 is 0 Å². The van der Waals surface area contributed by atoms with Gasteiger partial charge >= 0.3 is 18.3 Å². The van der Waals surface area contributed by atoms with E-state index in [-0.39, 0.29) is 12.3 Å². The van der Waals surface area contributed by atoms with Crippen LogP contribution in [0.3, 0.4) is 0 Å². The Labute approximate surface area is 178 Å². The number of hydrogen-bond donors (Lipinski definition) is 1. The molecule has 1 unspecified atom stereocenters. The van der Waals surface area contributed by atoms with Crippen molar-refractivity contribution in [2.24, 2.45) is 35.0 Å². The molecule has 4 aliphatic carbocycles. The molecular formula is C22H32F6O3. The van der Waals surface area contributed by atoms with Gasteiger partial charge in [0.25, 0.3) is 5.60 Å². The first-order valence-electron chi connectivity index (χ1n) is 11.0. The average molecular weight is 458 g/mol. The molecule has 1 N–H and O–H groups in total. The summed E-state index contributed by atoms with van der Waals surface area (Å²) in [5, 5.41) is 9.65. The number of ether oxygens (including phenoxy) is 1. The van der Waals surface area contributed by atoms with Crippen molar-refractivity contribution < 1.29 is 41.0 Å². The van der Waals surface area contributed by atoms with Gasteiger partial charge in [-0.25, -0.2) is 0 Å². The largest absolute Gasteiger partial charge is 0.459 e. The van der Waals surface area contributed by atoms with E-state index in [1.165, 1.54) is 13.3 Å². The van der Waals surface area contributed by atoms with E-state index in [1.807, 2.05) is 0 Å². The molecule has 0 aliphatic heterocycles. The van der Waals surface area contributed by atoms with Crippen molar-refractivity contribution in [1.82, 2.24) is 0 Å². The van der Waals surface area contributed by atoms with Crippen LogP contribution in [0.4, 0.5) is 26.3 Å². The maximum Gasteiger partial charge on any atom is 0.426 e. The van der Waals surface area contributed by atoms with Crippen LogP contribution in [0.1, 0.15) is 72.6 Å². The Morgan fingerprint density at radius 3 is 1.65 bits per heavy atom. The maximum absolute atomic E-state index is 13.2. The topological polar surface area (TPSA) is 46.5 Å². The molecule has 0 amide bonds. The van der Waals surface area contributed by atoms with Crippen LogP contribution in [0.15, 0.2) is 0 Å². The summed E-state index contributed by atoms with van der Waals surface area (Å²) in [4.78, 5) is 13.0. The lowest BCUT2D eigenvalue weighted by Crippen LogP contribution is -2.60. The van der Waals surface area contributed by atoms with E-state index in [4.69, 9.17) is 4.74 Å². The van der Waals surface area contributed by atoms with Crippen molar-refractivity contribution in [2.75, 3.05) is 0 Å². The van der Waals surface area contributed by atoms with E-state index in [1.54, 1.807) is 13.8 Å². The Morgan fingerprint density at radius 2 is 1.29 bits per heavy atom. The van der Waals surface area contributed by atoms with E-state index in [0.29, 0.717) is 23.7 Å². The first kappa shape index (κ1) is 24.6. The number of halogens is 6. The molecule has 0 spiro atoms.